The number of alkyl halides is 2. The molecule has 4 nitrogen and oxygen atoms in total. The standard InChI is InChI=1S/C12H9F2NO3S2/c1-17-7-3-2-6(4-8(7)18-11(13)14)5-9-10(16)15-12(19)20-9/h2-5,11H,1H3,(H,15,16,19)/b9-5-. The smallest absolute Gasteiger partial charge is 0.387 e. The first-order valence-corrected chi connectivity index (χ1v) is 6.60. The number of carbonyl (C=O) groups is 1. The minimum atomic E-state index is -2.96. The zero-order valence-electron chi connectivity index (χ0n) is 10.2. The summed E-state index contributed by atoms with van der Waals surface area (Å²) in [7, 11) is 1.35. The molecule has 0 aliphatic carbocycles. The number of methoxy groups -OCH3 is 1. The number of hydrogen-bond acceptors (Lipinski definition) is 5. The Hall–Kier alpha value is -1.67. The van der Waals surface area contributed by atoms with Crippen molar-refractivity contribution < 1.29 is 23.0 Å². The van der Waals surface area contributed by atoms with Crippen molar-refractivity contribution >= 4 is 40.3 Å². The summed E-state index contributed by atoms with van der Waals surface area (Å²) in [4.78, 5) is 11.9. The highest BCUT2D eigenvalue weighted by Crippen LogP contribution is 2.32. The van der Waals surface area contributed by atoms with Crippen LogP contribution in [0.3, 0.4) is 0 Å². The molecule has 0 aromatic heterocycles. The number of halogens is 2. The fourth-order valence-electron chi connectivity index (χ4n) is 1.54. The Balaban J connectivity index is 2.31. The SMILES string of the molecule is COc1ccc(/C=C2\SC(=S)NC2=O)cc1OC(F)F. The summed E-state index contributed by atoms with van der Waals surface area (Å²) in [5.74, 6) is -0.221. The molecule has 0 atom stereocenters. The molecule has 8 heteroatoms. The summed E-state index contributed by atoms with van der Waals surface area (Å²) < 4.78 is 34.3. The molecule has 1 aromatic carbocycles. The minimum absolute atomic E-state index is 0.0946. The summed E-state index contributed by atoms with van der Waals surface area (Å²) >= 11 is 5.97. The molecule has 1 saturated heterocycles. The van der Waals surface area contributed by atoms with E-state index in [1.807, 2.05) is 0 Å². The van der Waals surface area contributed by atoms with Gasteiger partial charge in [-0.25, -0.2) is 0 Å². The molecule has 0 radical (unpaired) electrons. The average molecular weight is 317 g/mol. The van der Waals surface area contributed by atoms with Crippen molar-refractivity contribution in [1.82, 2.24) is 5.32 Å². The largest absolute Gasteiger partial charge is 0.493 e. The highest BCUT2D eigenvalue weighted by atomic mass is 32.2. The van der Waals surface area contributed by atoms with Gasteiger partial charge in [-0.2, -0.15) is 8.78 Å². The lowest BCUT2D eigenvalue weighted by atomic mass is 10.2. The molecule has 1 aliphatic rings. The van der Waals surface area contributed by atoms with Gasteiger partial charge in [-0.05, 0) is 23.8 Å². The summed E-state index contributed by atoms with van der Waals surface area (Å²) in [6.45, 7) is -2.96. The second kappa shape index (κ2) is 6.19. The van der Waals surface area contributed by atoms with Crippen LogP contribution in [-0.4, -0.2) is 23.9 Å². The van der Waals surface area contributed by atoms with Crippen molar-refractivity contribution in [3.05, 3.63) is 28.7 Å². The van der Waals surface area contributed by atoms with E-state index in [1.54, 1.807) is 6.07 Å². The molecule has 1 fully saturated rings. The van der Waals surface area contributed by atoms with Crippen molar-refractivity contribution in [2.45, 2.75) is 6.61 Å². The van der Waals surface area contributed by atoms with Gasteiger partial charge in [0.15, 0.2) is 11.5 Å². The quantitative estimate of drug-likeness (QED) is 0.683. The van der Waals surface area contributed by atoms with E-state index in [-0.39, 0.29) is 17.4 Å². The van der Waals surface area contributed by atoms with Gasteiger partial charge in [-0.3, -0.25) is 4.79 Å². The molecule has 1 aromatic rings. The van der Waals surface area contributed by atoms with Crippen LogP contribution in [0.5, 0.6) is 11.5 Å². The van der Waals surface area contributed by atoms with Gasteiger partial charge < -0.3 is 14.8 Å². The van der Waals surface area contributed by atoms with Gasteiger partial charge in [0.2, 0.25) is 0 Å². The van der Waals surface area contributed by atoms with E-state index in [0.29, 0.717) is 14.8 Å². The van der Waals surface area contributed by atoms with Gasteiger partial charge in [-0.1, -0.05) is 30.0 Å². The van der Waals surface area contributed by atoms with Crippen LogP contribution in [0.4, 0.5) is 8.78 Å². The highest BCUT2D eigenvalue weighted by molar-refractivity contribution is 8.26. The number of nitrogens with one attached hydrogen (secondary N) is 1. The Bertz CT molecular complexity index is 590. The Morgan fingerprint density at radius 3 is 2.70 bits per heavy atom. The molecule has 1 heterocycles. The van der Waals surface area contributed by atoms with Crippen LogP contribution in [-0.2, 0) is 4.79 Å². The van der Waals surface area contributed by atoms with Crippen LogP contribution in [0.1, 0.15) is 5.56 Å². The third-order valence-corrected chi connectivity index (χ3v) is 3.51. The minimum Gasteiger partial charge on any atom is -0.493 e. The molecule has 20 heavy (non-hydrogen) atoms. The number of hydrogen-bond donors (Lipinski definition) is 1. The normalized spacial score (nSPS) is 16.7. The van der Waals surface area contributed by atoms with Crippen molar-refractivity contribution in [2.24, 2.45) is 0 Å². The van der Waals surface area contributed by atoms with E-state index >= 15 is 0 Å². The lowest BCUT2D eigenvalue weighted by Crippen LogP contribution is -2.17. The van der Waals surface area contributed by atoms with Gasteiger partial charge in [0.05, 0.1) is 12.0 Å². The summed E-state index contributed by atoms with van der Waals surface area (Å²) in [5.41, 5.74) is 0.531. The molecule has 0 unspecified atom stereocenters. The van der Waals surface area contributed by atoms with E-state index in [0.717, 1.165) is 11.8 Å². The van der Waals surface area contributed by atoms with Gasteiger partial charge >= 0.3 is 6.61 Å². The molecule has 0 saturated carbocycles. The van der Waals surface area contributed by atoms with Crippen LogP contribution in [0.15, 0.2) is 23.1 Å². The van der Waals surface area contributed by atoms with Gasteiger partial charge in [0, 0.05) is 0 Å². The molecular weight excluding hydrogens is 308 g/mol. The maximum atomic E-state index is 12.3. The number of amides is 1. The van der Waals surface area contributed by atoms with Crippen LogP contribution in [0.25, 0.3) is 6.08 Å². The molecule has 0 spiro atoms. The molecule has 2 rings (SSSR count). The first-order valence-electron chi connectivity index (χ1n) is 5.37. The van der Waals surface area contributed by atoms with Crippen molar-refractivity contribution in [1.29, 1.82) is 0 Å². The Morgan fingerprint density at radius 1 is 1.40 bits per heavy atom. The predicted octanol–water partition coefficient (Wildman–Crippen LogP) is 2.79. The van der Waals surface area contributed by atoms with E-state index < -0.39 is 6.61 Å². The number of ether oxygens (including phenoxy) is 2. The predicted molar refractivity (Wildman–Crippen MR) is 75.9 cm³/mol. The van der Waals surface area contributed by atoms with Crippen LogP contribution >= 0.6 is 24.0 Å². The number of thioether (sulfide) groups is 1. The van der Waals surface area contributed by atoms with Crippen molar-refractivity contribution in [3.8, 4) is 11.5 Å². The third-order valence-electron chi connectivity index (χ3n) is 2.34. The monoisotopic (exact) mass is 317 g/mol. The number of carbonyl (C=O) groups excluding carboxylic acids is 1. The molecule has 1 aliphatic heterocycles. The second-order valence-electron chi connectivity index (χ2n) is 3.64. The van der Waals surface area contributed by atoms with Crippen LogP contribution < -0.4 is 14.8 Å². The van der Waals surface area contributed by atoms with Gasteiger partial charge in [-0.15, -0.1) is 0 Å². The van der Waals surface area contributed by atoms with Crippen LogP contribution in [0.2, 0.25) is 0 Å². The summed E-state index contributed by atoms with van der Waals surface area (Å²) in [6, 6.07) is 4.48. The first-order chi connectivity index (χ1) is 9.49. The summed E-state index contributed by atoms with van der Waals surface area (Å²) in [6.07, 6.45) is 1.54. The fraction of sp³-hybridized carbons (Fsp3) is 0.167. The Morgan fingerprint density at radius 2 is 2.15 bits per heavy atom. The van der Waals surface area contributed by atoms with E-state index in [4.69, 9.17) is 17.0 Å². The maximum Gasteiger partial charge on any atom is 0.387 e. The number of thiocarbonyl (C=S) groups is 1. The highest BCUT2D eigenvalue weighted by Gasteiger charge is 2.22. The fourth-order valence-corrected chi connectivity index (χ4v) is 2.59. The van der Waals surface area contributed by atoms with E-state index in [9.17, 15) is 13.6 Å². The third kappa shape index (κ3) is 3.45. The van der Waals surface area contributed by atoms with Crippen molar-refractivity contribution in [2.75, 3.05) is 7.11 Å². The van der Waals surface area contributed by atoms with Crippen molar-refractivity contribution in [3.63, 3.8) is 0 Å². The second-order valence-corrected chi connectivity index (χ2v) is 5.36. The Labute approximate surface area is 123 Å². The van der Waals surface area contributed by atoms with E-state index in [1.165, 1.54) is 25.3 Å². The molecule has 106 valence electrons. The lowest BCUT2D eigenvalue weighted by molar-refractivity contribution is -0.115. The maximum absolute atomic E-state index is 12.3. The first kappa shape index (κ1) is 14.7. The molecular formula is C12H9F2NO3S2. The van der Waals surface area contributed by atoms with Gasteiger partial charge in [0.1, 0.15) is 4.32 Å². The molecule has 1 N–H and O–H groups in total. The number of rotatable bonds is 4. The Kier molecular flexibility index (Phi) is 4.56. The zero-order chi connectivity index (χ0) is 14.7. The molecule has 0 bridgehead atoms. The van der Waals surface area contributed by atoms with E-state index in [2.05, 4.69) is 10.1 Å². The number of benzene rings is 1. The molecule has 1 amide bonds. The zero-order valence-corrected chi connectivity index (χ0v) is 11.8. The average Bonchev–Trinajstić information content (AvgIpc) is 2.67. The van der Waals surface area contributed by atoms with Crippen LogP contribution in [0, 0.1) is 0 Å². The lowest BCUT2D eigenvalue weighted by Gasteiger charge is -2.10. The summed E-state index contributed by atoms with van der Waals surface area (Å²) in [5, 5.41) is 2.47. The topological polar surface area (TPSA) is 47.6 Å². The van der Waals surface area contributed by atoms with Gasteiger partial charge in [0.25, 0.3) is 5.91 Å².